The zero-order valence-corrected chi connectivity index (χ0v) is 12.7. The first-order valence-electron chi connectivity index (χ1n) is 8.12. The molecule has 21 heavy (non-hydrogen) atoms. The normalized spacial score (nSPS) is 19.2. The van der Waals surface area contributed by atoms with E-state index in [2.05, 4.69) is 0 Å². The van der Waals surface area contributed by atoms with Crippen molar-refractivity contribution in [1.29, 1.82) is 0 Å². The molecule has 0 spiro atoms. The first-order valence-corrected chi connectivity index (χ1v) is 8.12. The molecule has 1 aromatic carbocycles. The molecule has 112 valence electrons. The van der Waals surface area contributed by atoms with Crippen molar-refractivity contribution in [3.05, 3.63) is 29.3 Å². The fourth-order valence-corrected chi connectivity index (χ4v) is 3.59. The van der Waals surface area contributed by atoms with E-state index in [1.165, 1.54) is 24.8 Å². The van der Waals surface area contributed by atoms with Crippen LogP contribution in [0.2, 0.25) is 0 Å². The average molecular weight is 285 g/mol. The Morgan fingerprint density at radius 1 is 1.10 bits per heavy atom. The summed E-state index contributed by atoms with van der Waals surface area (Å²) in [4.78, 5) is 26.4. The first kappa shape index (κ1) is 14.3. The van der Waals surface area contributed by atoms with Crippen LogP contribution in [0.4, 0.5) is 5.69 Å². The molecule has 0 atom stereocenters. The highest BCUT2D eigenvalue weighted by Gasteiger charge is 2.29. The molecule has 1 aliphatic heterocycles. The van der Waals surface area contributed by atoms with Crippen LogP contribution in [-0.4, -0.2) is 18.2 Å². The monoisotopic (exact) mass is 285 g/mol. The smallest absolute Gasteiger partial charge is 0.230 e. The van der Waals surface area contributed by atoms with Gasteiger partial charge in [0.2, 0.25) is 5.91 Å². The van der Waals surface area contributed by atoms with Crippen molar-refractivity contribution in [2.75, 3.05) is 11.4 Å². The summed E-state index contributed by atoms with van der Waals surface area (Å²) < 4.78 is 0. The van der Waals surface area contributed by atoms with E-state index in [0.29, 0.717) is 5.56 Å². The maximum atomic E-state index is 12.8. The highest BCUT2D eigenvalue weighted by molar-refractivity contribution is 5.99. The van der Waals surface area contributed by atoms with Gasteiger partial charge in [-0.15, -0.1) is 0 Å². The lowest BCUT2D eigenvalue weighted by molar-refractivity contribution is -0.123. The minimum atomic E-state index is 0.0634. The van der Waals surface area contributed by atoms with Crippen molar-refractivity contribution in [2.45, 2.75) is 51.9 Å². The number of carbonyl (C=O) groups excluding carboxylic acids is 2. The molecular weight excluding hydrogens is 262 g/mol. The minimum absolute atomic E-state index is 0.0634. The molecule has 3 rings (SSSR count). The number of hydrogen-bond donors (Lipinski definition) is 0. The number of fused-ring (bicyclic) bond motifs is 1. The lowest BCUT2D eigenvalue weighted by atomic mass is 9.87. The van der Waals surface area contributed by atoms with Crippen LogP contribution in [0.5, 0.6) is 0 Å². The number of benzene rings is 1. The topological polar surface area (TPSA) is 37.4 Å². The van der Waals surface area contributed by atoms with E-state index in [-0.39, 0.29) is 17.6 Å². The highest BCUT2D eigenvalue weighted by atomic mass is 16.2. The van der Waals surface area contributed by atoms with Gasteiger partial charge >= 0.3 is 0 Å². The van der Waals surface area contributed by atoms with Crippen molar-refractivity contribution in [3.63, 3.8) is 0 Å². The Balaban J connectivity index is 1.89. The second-order valence-corrected chi connectivity index (χ2v) is 6.33. The summed E-state index contributed by atoms with van der Waals surface area (Å²) in [5.41, 5.74) is 2.89. The first-order chi connectivity index (χ1) is 10.2. The van der Waals surface area contributed by atoms with Crippen molar-refractivity contribution in [3.8, 4) is 0 Å². The van der Waals surface area contributed by atoms with Gasteiger partial charge in [-0.2, -0.15) is 0 Å². The molecule has 0 bridgehead atoms. The molecule has 0 unspecified atom stereocenters. The van der Waals surface area contributed by atoms with Crippen LogP contribution in [0.25, 0.3) is 0 Å². The Morgan fingerprint density at radius 2 is 1.86 bits per heavy atom. The van der Waals surface area contributed by atoms with Gasteiger partial charge in [0, 0.05) is 23.7 Å². The van der Waals surface area contributed by atoms with E-state index in [0.717, 1.165) is 37.9 Å². The summed E-state index contributed by atoms with van der Waals surface area (Å²) in [6.07, 6.45) is 7.67. The van der Waals surface area contributed by atoms with Crippen LogP contribution in [0.15, 0.2) is 18.2 Å². The van der Waals surface area contributed by atoms with Gasteiger partial charge in [0.1, 0.15) is 0 Å². The predicted octanol–water partition coefficient (Wildman–Crippen LogP) is 3.75. The standard InChI is InChI=1S/C18H23NO2/c1-13(20)16-10-9-14-8-5-11-19(17(14)12-16)18(21)15-6-3-2-4-7-15/h9-10,12,15H,2-8,11H2,1H3. The summed E-state index contributed by atoms with van der Waals surface area (Å²) in [6.45, 7) is 2.38. The van der Waals surface area contributed by atoms with Gasteiger partial charge in [-0.25, -0.2) is 0 Å². The van der Waals surface area contributed by atoms with Crippen molar-refractivity contribution < 1.29 is 9.59 Å². The third-order valence-electron chi connectivity index (χ3n) is 4.83. The Bertz CT molecular complexity index is 558. The molecule has 1 aromatic rings. The molecule has 0 N–H and O–H groups in total. The zero-order chi connectivity index (χ0) is 14.8. The van der Waals surface area contributed by atoms with Crippen LogP contribution >= 0.6 is 0 Å². The number of carbonyl (C=O) groups is 2. The Kier molecular flexibility index (Phi) is 4.09. The quantitative estimate of drug-likeness (QED) is 0.776. The summed E-state index contributed by atoms with van der Waals surface area (Å²) in [7, 11) is 0. The number of ketones is 1. The van der Waals surface area contributed by atoms with E-state index >= 15 is 0 Å². The highest BCUT2D eigenvalue weighted by Crippen LogP contribution is 2.33. The summed E-state index contributed by atoms with van der Waals surface area (Å²) in [5.74, 6) is 0.524. The Hall–Kier alpha value is -1.64. The molecule has 3 nitrogen and oxygen atoms in total. The van der Waals surface area contributed by atoms with E-state index in [1.54, 1.807) is 6.92 Å². The number of Topliss-reactive ketones (excluding diaryl/α,β-unsaturated/α-hetero) is 1. The Morgan fingerprint density at radius 3 is 2.57 bits per heavy atom. The SMILES string of the molecule is CC(=O)c1ccc2c(c1)N(C(=O)C1CCCCC1)CCC2. The molecule has 3 heteroatoms. The number of aryl methyl sites for hydroxylation is 1. The third kappa shape index (κ3) is 2.87. The average Bonchev–Trinajstić information content (AvgIpc) is 2.54. The lowest BCUT2D eigenvalue weighted by Gasteiger charge is -2.33. The number of amides is 1. The predicted molar refractivity (Wildman–Crippen MR) is 83.7 cm³/mol. The van der Waals surface area contributed by atoms with Crippen LogP contribution in [0, 0.1) is 5.92 Å². The number of nitrogens with zero attached hydrogens (tertiary/aromatic N) is 1. The van der Waals surface area contributed by atoms with E-state index in [9.17, 15) is 9.59 Å². The molecule has 0 saturated heterocycles. The van der Waals surface area contributed by atoms with Crippen molar-refractivity contribution in [2.24, 2.45) is 5.92 Å². The summed E-state index contributed by atoms with van der Waals surface area (Å²) >= 11 is 0. The zero-order valence-electron chi connectivity index (χ0n) is 12.7. The van der Waals surface area contributed by atoms with Crippen molar-refractivity contribution >= 4 is 17.4 Å². The van der Waals surface area contributed by atoms with E-state index < -0.39 is 0 Å². The minimum Gasteiger partial charge on any atom is -0.312 e. The van der Waals surface area contributed by atoms with Gasteiger partial charge < -0.3 is 4.90 Å². The molecular formula is C18H23NO2. The largest absolute Gasteiger partial charge is 0.312 e. The third-order valence-corrected chi connectivity index (χ3v) is 4.83. The summed E-state index contributed by atoms with van der Waals surface area (Å²) in [6, 6.07) is 5.82. The van der Waals surface area contributed by atoms with Gasteiger partial charge in [0.15, 0.2) is 5.78 Å². The molecule has 0 radical (unpaired) electrons. The fraction of sp³-hybridized carbons (Fsp3) is 0.556. The molecule has 1 amide bonds. The second kappa shape index (κ2) is 6.00. The van der Waals surface area contributed by atoms with Crippen LogP contribution < -0.4 is 4.90 Å². The molecule has 1 aliphatic carbocycles. The lowest BCUT2D eigenvalue weighted by Crippen LogP contribution is -2.40. The number of anilines is 1. The van der Waals surface area contributed by atoms with Gasteiger partial charge in [-0.3, -0.25) is 9.59 Å². The number of hydrogen-bond acceptors (Lipinski definition) is 2. The second-order valence-electron chi connectivity index (χ2n) is 6.33. The van der Waals surface area contributed by atoms with Gasteiger partial charge in [-0.1, -0.05) is 31.4 Å². The molecule has 2 aliphatic rings. The molecule has 1 saturated carbocycles. The molecule has 0 aromatic heterocycles. The van der Waals surface area contributed by atoms with Crippen LogP contribution in [0.3, 0.4) is 0 Å². The molecule has 1 heterocycles. The van der Waals surface area contributed by atoms with E-state index in [1.807, 2.05) is 23.1 Å². The van der Waals surface area contributed by atoms with Crippen LogP contribution in [0.1, 0.15) is 61.4 Å². The van der Waals surface area contributed by atoms with E-state index in [4.69, 9.17) is 0 Å². The maximum absolute atomic E-state index is 12.8. The molecule has 1 fully saturated rings. The summed E-state index contributed by atoms with van der Waals surface area (Å²) in [5, 5.41) is 0. The fourth-order valence-electron chi connectivity index (χ4n) is 3.59. The Labute approximate surface area is 126 Å². The van der Waals surface area contributed by atoms with Gasteiger partial charge in [0.25, 0.3) is 0 Å². The van der Waals surface area contributed by atoms with Gasteiger partial charge in [-0.05, 0) is 44.2 Å². The maximum Gasteiger partial charge on any atom is 0.230 e. The van der Waals surface area contributed by atoms with Crippen LogP contribution in [-0.2, 0) is 11.2 Å². The van der Waals surface area contributed by atoms with Gasteiger partial charge in [0.05, 0.1) is 0 Å². The number of rotatable bonds is 2. The van der Waals surface area contributed by atoms with Crippen molar-refractivity contribution in [1.82, 2.24) is 0 Å².